The zero-order valence-corrected chi connectivity index (χ0v) is 11.6. The van der Waals surface area contributed by atoms with Crippen LogP contribution in [0.4, 0.5) is 5.88 Å². The van der Waals surface area contributed by atoms with Crippen molar-refractivity contribution in [2.45, 2.75) is 20.3 Å². The topological polar surface area (TPSA) is 94.0 Å². The number of nitrogens with zero attached hydrogens (tertiary/aromatic N) is 2. The van der Waals surface area contributed by atoms with Crippen LogP contribution in [0.15, 0.2) is 29.0 Å². The van der Waals surface area contributed by atoms with Crippen LogP contribution >= 0.6 is 0 Å². The Labute approximate surface area is 117 Å². The molecule has 2 heterocycles. The summed E-state index contributed by atoms with van der Waals surface area (Å²) in [6, 6.07) is 3.57. The first-order chi connectivity index (χ1) is 9.59. The Morgan fingerprint density at radius 2 is 2.30 bits per heavy atom. The summed E-state index contributed by atoms with van der Waals surface area (Å²) < 4.78 is 4.94. The lowest BCUT2D eigenvalue weighted by atomic mass is 10.1. The second kappa shape index (κ2) is 6.18. The molecule has 0 bridgehead atoms. The van der Waals surface area contributed by atoms with Gasteiger partial charge in [-0.25, -0.2) is 0 Å². The Balaban J connectivity index is 2.19. The fourth-order valence-electron chi connectivity index (χ4n) is 1.78. The summed E-state index contributed by atoms with van der Waals surface area (Å²) in [6.45, 7) is 4.79. The minimum Gasteiger partial charge on any atom is -0.367 e. The quantitative estimate of drug-likeness (QED) is 0.870. The van der Waals surface area contributed by atoms with E-state index in [2.05, 4.69) is 29.3 Å². The number of anilines is 1. The van der Waals surface area contributed by atoms with Gasteiger partial charge >= 0.3 is 0 Å². The van der Waals surface area contributed by atoms with Crippen LogP contribution in [0.2, 0.25) is 0 Å². The van der Waals surface area contributed by atoms with Crippen molar-refractivity contribution in [3.8, 4) is 11.3 Å². The second-order valence-corrected chi connectivity index (χ2v) is 4.95. The zero-order valence-electron chi connectivity index (χ0n) is 11.6. The van der Waals surface area contributed by atoms with Gasteiger partial charge in [-0.3, -0.25) is 9.78 Å². The fraction of sp³-hybridized carbons (Fsp3) is 0.357. The van der Waals surface area contributed by atoms with Crippen LogP contribution in [0.5, 0.6) is 0 Å². The molecule has 2 rings (SSSR count). The standard InChI is InChI=1S/C14H18N4O2/c1-9(2)5-7-17-14(19)11-12(18-20-13(11)15)10-4-3-6-16-8-10/h3-4,6,8-9H,5,7,15H2,1-2H3,(H,17,19). The van der Waals surface area contributed by atoms with Crippen molar-refractivity contribution < 1.29 is 9.32 Å². The normalized spacial score (nSPS) is 10.8. The molecule has 2 aromatic rings. The molecule has 0 spiro atoms. The Bertz CT molecular complexity index is 578. The van der Waals surface area contributed by atoms with E-state index in [0.717, 1.165) is 6.42 Å². The highest BCUT2D eigenvalue weighted by Gasteiger charge is 2.22. The van der Waals surface area contributed by atoms with E-state index in [1.165, 1.54) is 0 Å². The van der Waals surface area contributed by atoms with E-state index in [4.69, 9.17) is 10.3 Å². The molecule has 0 aliphatic carbocycles. The molecular weight excluding hydrogens is 256 g/mol. The molecule has 0 atom stereocenters. The summed E-state index contributed by atoms with van der Waals surface area (Å²) in [6.07, 6.45) is 4.16. The monoisotopic (exact) mass is 274 g/mol. The van der Waals surface area contributed by atoms with Crippen LogP contribution in [0.25, 0.3) is 11.3 Å². The van der Waals surface area contributed by atoms with Crippen molar-refractivity contribution >= 4 is 11.8 Å². The van der Waals surface area contributed by atoms with Crippen LogP contribution in [-0.2, 0) is 0 Å². The summed E-state index contributed by atoms with van der Waals surface area (Å²) >= 11 is 0. The lowest BCUT2D eigenvalue weighted by molar-refractivity contribution is 0.0953. The highest BCUT2D eigenvalue weighted by molar-refractivity contribution is 6.03. The summed E-state index contributed by atoms with van der Waals surface area (Å²) in [4.78, 5) is 16.2. The largest absolute Gasteiger partial charge is 0.367 e. The van der Waals surface area contributed by atoms with E-state index in [1.54, 1.807) is 24.5 Å². The first-order valence-corrected chi connectivity index (χ1v) is 6.53. The molecule has 0 fully saturated rings. The molecule has 3 N–H and O–H groups in total. The van der Waals surface area contributed by atoms with Gasteiger partial charge in [0.2, 0.25) is 5.88 Å². The van der Waals surface area contributed by atoms with Gasteiger partial charge in [-0.15, -0.1) is 0 Å². The highest BCUT2D eigenvalue weighted by Crippen LogP contribution is 2.26. The maximum Gasteiger partial charge on any atom is 0.259 e. The maximum atomic E-state index is 12.2. The van der Waals surface area contributed by atoms with Crippen molar-refractivity contribution in [3.63, 3.8) is 0 Å². The van der Waals surface area contributed by atoms with E-state index in [0.29, 0.717) is 23.7 Å². The van der Waals surface area contributed by atoms with E-state index in [1.807, 2.05) is 0 Å². The average Bonchev–Trinajstić information content (AvgIpc) is 2.81. The third-order valence-corrected chi connectivity index (χ3v) is 2.89. The smallest absolute Gasteiger partial charge is 0.259 e. The average molecular weight is 274 g/mol. The van der Waals surface area contributed by atoms with Crippen LogP contribution in [0.1, 0.15) is 30.6 Å². The second-order valence-electron chi connectivity index (χ2n) is 4.95. The fourth-order valence-corrected chi connectivity index (χ4v) is 1.78. The number of rotatable bonds is 5. The Morgan fingerprint density at radius 3 is 2.95 bits per heavy atom. The summed E-state index contributed by atoms with van der Waals surface area (Å²) in [5.74, 6) is 0.266. The number of aromatic nitrogens is 2. The van der Waals surface area contributed by atoms with E-state index < -0.39 is 0 Å². The third kappa shape index (κ3) is 3.14. The lowest BCUT2D eigenvalue weighted by Crippen LogP contribution is -2.26. The third-order valence-electron chi connectivity index (χ3n) is 2.89. The molecule has 0 aliphatic rings. The minimum absolute atomic E-state index is 0.0194. The maximum absolute atomic E-state index is 12.2. The predicted molar refractivity (Wildman–Crippen MR) is 75.9 cm³/mol. The van der Waals surface area contributed by atoms with Crippen molar-refractivity contribution in [1.29, 1.82) is 0 Å². The number of nitrogen functional groups attached to an aromatic ring is 1. The summed E-state index contributed by atoms with van der Waals surface area (Å²) in [5, 5.41) is 6.68. The van der Waals surface area contributed by atoms with Gasteiger partial charge in [-0.2, -0.15) is 0 Å². The highest BCUT2D eigenvalue weighted by atomic mass is 16.5. The van der Waals surface area contributed by atoms with Gasteiger partial charge in [0.25, 0.3) is 5.91 Å². The predicted octanol–water partition coefficient (Wildman–Crippen LogP) is 2.09. The van der Waals surface area contributed by atoms with E-state index in [9.17, 15) is 4.79 Å². The summed E-state index contributed by atoms with van der Waals surface area (Å²) in [5.41, 5.74) is 7.08. The lowest BCUT2D eigenvalue weighted by Gasteiger charge is -2.07. The van der Waals surface area contributed by atoms with E-state index >= 15 is 0 Å². The number of nitrogens with two attached hydrogens (primary N) is 1. The first-order valence-electron chi connectivity index (χ1n) is 6.53. The van der Waals surface area contributed by atoms with Gasteiger partial charge in [-0.05, 0) is 24.5 Å². The molecule has 0 aliphatic heterocycles. The van der Waals surface area contributed by atoms with Crippen molar-refractivity contribution in [3.05, 3.63) is 30.1 Å². The molecule has 6 heteroatoms. The van der Waals surface area contributed by atoms with Gasteiger partial charge in [0.1, 0.15) is 11.3 Å². The van der Waals surface area contributed by atoms with Crippen LogP contribution < -0.4 is 11.1 Å². The molecule has 106 valence electrons. The molecule has 6 nitrogen and oxygen atoms in total. The number of amides is 1. The molecule has 2 aromatic heterocycles. The van der Waals surface area contributed by atoms with Gasteiger partial charge in [0, 0.05) is 24.5 Å². The molecule has 1 amide bonds. The van der Waals surface area contributed by atoms with Gasteiger partial charge in [-0.1, -0.05) is 19.0 Å². The number of nitrogens with one attached hydrogen (secondary N) is 1. The number of hydrogen-bond acceptors (Lipinski definition) is 5. The van der Waals surface area contributed by atoms with Gasteiger partial charge < -0.3 is 15.6 Å². The van der Waals surface area contributed by atoms with Crippen LogP contribution in [-0.4, -0.2) is 22.6 Å². The molecule has 20 heavy (non-hydrogen) atoms. The Hall–Kier alpha value is -2.37. The molecule has 0 unspecified atom stereocenters. The molecule has 0 radical (unpaired) electrons. The van der Waals surface area contributed by atoms with Crippen LogP contribution in [0.3, 0.4) is 0 Å². The first kappa shape index (κ1) is 14.0. The van der Waals surface area contributed by atoms with Gasteiger partial charge in [0.05, 0.1) is 0 Å². The Kier molecular flexibility index (Phi) is 4.34. The number of hydrogen-bond donors (Lipinski definition) is 2. The number of pyridine rings is 1. The number of carbonyl (C=O) groups is 1. The van der Waals surface area contributed by atoms with E-state index in [-0.39, 0.29) is 17.4 Å². The molecule has 0 saturated heterocycles. The molecule has 0 aromatic carbocycles. The molecule has 0 saturated carbocycles. The SMILES string of the molecule is CC(C)CCNC(=O)c1c(-c2cccnc2)noc1N. The number of carbonyl (C=O) groups excluding carboxylic acids is 1. The van der Waals surface area contributed by atoms with Crippen molar-refractivity contribution in [2.75, 3.05) is 12.3 Å². The minimum atomic E-state index is -0.275. The van der Waals surface area contributed by atoms with Crippen molar-refractivity contribution in [2.24, 2.45) is 5.92 Å². The van der Waals surface area contributed by atoms with Crippen LogP contribution in [0, 0.1) is 5.92 Å². The molecular formula is C14H18N4O2. The van der Waals surface area contributed by atoms with Gasteiger partial charge in [0.15, 0.2) is 0 Å². The zero-order chi connectivity index (χ0) is 14.5. The van der Waals surface area contributed by atoms with Crippen molar-refractivity contribution in [1.82, 2.24) is 15.5 Å². The Morgan fingerprint density at radius 1 is 1.50 bits per heavy atom. The summed E-state index contributed by atoms with van der Waals surface area (Å²) in [7, 11) is 0.